The fourth-order valence-corrected chi connectivity index (χ4v) is 9.54. The molecule has 1 saturated carbocycles. The van der Waals surface area contributed by atoms with Crippen molar-refractivity contribution in [2.24, 2.45) is 5.92 Å². The molecule has 298 valence electrons. The number of nitrogen functional groups attached to an aromatic ring is 2. The predicted octanol–water partition coefficient (Wildman–Crippen LogP) is 15.7. The normalized spacial score (nSPS) is 18.3. The van der Waals surface area contributed by atoms with Crippen molar-refractivity contribution >= 4 is 11.4 Å². The molecule has 5 rings (SSSR count). The smallest absolute Gasteiger partial charge is 0.0314 e. The Kier molecular flexibility index (Phi) is 17.7. The van der Waals surface area contributed by atoms with E-state index >= 15 is 0 Å². The molecule has 0 radical (unpaired) electrons. The zero-order valence-electron chi connectivity index (χ0n) is 35.2. The molecule has 2 atom stereocenters. The zero-order chi connectivity index (χ0) is 38.7. The third-order valence-electron chi connectivity index (χ3n) is 13.2. The van der Waals surface area contributed by atoms with Gasteiger partial charge in [-0.3, -0.25) is 0 Å². The third kappa shape index (κ3) is 12.7. The van der Waals surface area contributed by atoms with Gasteiger partial charge in [0.15, 0.2) is 0 Å². The van der Waals surface area contributed by atoms with Crippen molar-refractivity contribution < 1.29 is 0 Å². The van der Waals surface area contributed by atoms with Gasteiger partial charge in [-0.2, -0.15) is 0 Å². The van der Waals surface area contributed by atoms with E-state index in [4.69, 9.17) is 11.5 Å². The number of hydrogen-bond acceptors (Lipinski definition) is 2. The number of hydrogen-bond donors (Lipinski definition) is 2. The minimum atomic E-state index is 0.0620. The van der Waals surface area contributed by atoms with Crippen LogP contribution >= 0.6 is 0 Å². The molecular formula is C53H76N2. The molecule has 4 aromatic rings. The van der Waals surface area contributed by atoms with Crippen LogP contribution in [0.2, 0.25) is 0 Å². The van der Waals surface area contributed by atoms with Gasteiger partial charge in [0.05, 0.1) is 0 Å². The Morgan fingerprint density at radius 1 is 0.436 bits per heavy atom. The first-order valence-electron chi connectivity index (χ1n) is 22.8. The molecular weight excluding hydrogens is 665 g/mol. The van der Waals surface area contributed by atoms with E-state index in [0.717, 1.165) is 17.3 Å². The highest BCUT2D eigenvalue weighted by Crippen LogP contribution is 2.47. The van der Waals surface area contributed by atoms with E-state index < -0.39 is 0 Å². The van der Waals surface area contributed by atoms with E-state index in [1.807, 2.05) is 0 Å². The van der Waals surface area contributed by atoms with Gasteiger partial charge in [0.1, 0.15) is 0 Å². The summed E-state index contributed by atoms with van der Waals surface area (Å²) in [5.74, 6) is 1.60. The number of rotatable bonds is 24. The average molecular weight is 741 g/mol. The first-order chi connectivity index (χ1) is 26.9. The molecule has 55 heavy (non-hydrogen) atoms. The van der Waals surface area contributed by atoms with Gasteiger partial charge in [0.2, 0.25) is 0 Å². The summed E-state index contributed by atoms with van der Waals surface area (Å²) in [5, 5.41) is 0. The second-order valence-corrected chi connectivity index (χ2v) is 17.5. The van der Waals surface area contributed by atoms with Gasteiger partial charge < -0.3 is 11.5 Å². The molecule has 1 aliphatic rings. The highest BCUT2D eigenvalue weighted by Gasteiger charge is 2.37. The predicted molar refractivity (Wildman–Crippen MR) is 241 cm³/mol. The van der Waals surface area contributed by atoms with Crippen LogP contribution in [0.5, 0.6) is 0 Å². The van der Waals surface area contributed by atoms with Gasteiger partial charge in [0, 0.05) is 28.6 Å². The van der Waals surface area contributed by atoms with Gasteiger partial charge in [-0.15, -0.1) is 0 Å². The van der Waals surface area contributed by atoms with Crippen LogP contribution in [-0.2, 0) is 5.41 Å². The number of benzene rings is 4. The first-order valence-corrected chi connectivity index (χ1v) is 22.8. The van der Waals surface area contributed by atoms with Crippen molar-refractivity contribution in [1.82, 2.24) is 0 Å². The molecule has 2 heteroatoms. The van der Waals surface area contributed by atoms with Crippen LogP contribution < -0.4 is 11.5 Å². The summed E-state index contributed by atoms with van der Waals surface area (Å²) in [7, 11) is 0. The number of anilines is 2. The van der Waals surface area contributed by atoms with Crippen molar-refractivity contribution in [1.29, 1.82) is 0 Å². The van der Waals surface area contributed by atoms with Crippen molar-refractivity contribution in [3.8, 4) is 0 Å². The van der Waals surface area contributed by atoms with Crippen molar-refractivity contribution in [2.45, 2.75) is 179 Å². The Hall–Kier alpha value is -3.52. The van der Waals surface area contributed by atoms with Crippen molar-refractivity contribution in [3.63, 3.8) is 0 Å². The summed E-state index contributed by atoms with van der Waals surface area (Å²) in [5.41, 5.74) is 22.7. The Balaban J connectivity index is 1.33. The lowest BCUT2D eigenvalue weighted by Gasteiger charge is -2.41. The fraction of sp³-hybridized carbons (Fsp3) is 0.547. The fourth-order valence-electron chi connectivity index (χ4n) is 9.54. The lowest BCUT2D eigenvalue weighted by Crippen LogP contribution is -2.32. The summed E-state index contributed by atoms with van der Waals surface area (Å²) in [6.45, 7) is 7.05. The van der Waals surface area contributed by atoms with E-state index in [1.54, 1.807) is 0 Å². The quantitative estimate of drug-likeness (QED) is 0.0555. The maximum Gasteiger partial charge on any atom is 0.0314 e. The molecule has 0 saturated heterocycles. The van der Waals surface area contributed by atoms with E-state index in [1.165, 1.54) is 175 Å². The Morgan fingerprint density at radius 3 is 1.05 bits per heavy atom. The third-order valence-corrected chi connectivity index (χ3v) is 13.2. The maximum atomic E-state index is 6.14. The van der Waals surface area contributed by atoms with Gasteiger partial charge in [-0.1, -0.05) is 196 Å². The Morgan fingerprint density at radius 2 is 0.727 bits per heavy atom. The summed E-state index contributed by atoms with van der Waals surface area (Å²) >= 11 is 0. The van der Waals surface area contributed by atoms with E-state index in [-0.39, 0.29) is 5.41 Å². The summed E-state index contributed by atoms with van der Waals surface area (Å²) in [6, 6.07) is 37.2. The maximum absolute atomic E-state index is 6.14. The van der Waals surface area contributed by atoms with Crippen LogP contribution in [0.15, 0.2) is 97.1 Å². The van der Waals surface area contributed by atoms with Gasteiger partial charge in [0.25, 0.3) is 0 Å². The van der Waals surface area contributed by atoms with Crippen LogP contribution in [0, 0.1) is 5.92 Å². The summed E-state index contributed by atoms with van der Waals surface area (Å²) in [4.78, 5) is 0. The van der Waals surface area contributed by atoms with Gasteiger partial charge in [-0.05, 0) is 102 Å². The number of unbranched alkanes of at least 4 members (excludes halogenated alkanes) is 14. The molecule has 4 N–H and O–H groups in total. The second-order valence-electron chi connectivity index (χ2n) is 17.5. The standard InChI is InChI=1S/C53H76N2/c1-4-6-8-10-12-14-16-18-20-51(45-26-34-49(54)35-27-45)43-22-30-47(31-23-43)53(40-38-42(3)39-41-53)48-32-24-44(25-33-48)52(46-28-36-50(55)37-29-46)21-19-17-15-13-11-9-7-5-2/h22-37,42,51-52H,4-21,38-41,54-55H2,1-3H3. The topological polar surface area (TPSA) is 52.0 Å². The lowest BCUT2D eigenvalue weighted by atomic mass is 9.63. The number of nitrogens with two attached hydrogens (primary N) is 2. The summed E-state index contributed by atoms with van der Waals surface area (Å²) in [6.07, 6.45) is 29.0. The minimum absolute atomic E-state index is 0.0620. The molecule has 2 unspecified atom stereocenters. The molecule has 0 aromatic heterocycles. The molecule has 1 aliphatic carbocycles. The van der Waals surface area contributed by atoms with Gasteiger partial charge >= 0.3 is 0 Å². The van der Waals surface area contributed by atoms with E-state index in [2.05, 4.69) is 118 Å². The second kappa shape index (κ2) is 22.9. The van der Waals surface area contributed by atoms with Crippen LogP contribution in [0.25, 0.3) is 0 Å². The molecule has 0 bridgehead atoms. The zero-order valence-corrected chi connectivity index (χ0v) is 35.2. The highest BCUT2D eigenvalue weighted by molar-refractivity contribution is 5.47. The average Bonchev–Trinajstić information content (AvgIpc) is 3.21. The van der Waals surface area contributed by atoms with Crippen LogP contribution in [0.3, 0.4) is 0 Å². The van der Waals surface area contributed by atoms with Crippen molar-refractivity contribution in [2.75, 3.05) is 11.5 Å². The van der Waals surface area contributed by atoms with Gasteiger partial charge in [-0.25, -0.2) is 0 Å². The monoisotopic (exact) mass is 741 g/mol. The van der Waals surface area contributed by atoms with Crippen molar-refractivity contribution in [3.05, 3.63) is 130 Å². The molecule has 2 nitrogen and oxygen atoms in total. The Bertz CT molecular complexity index is 1480. The van der Waals surface area contributed by atoms with E-state index in [9.17, 15) is 0 Å². The van der Waals surface area contributed by atoms with Crippen LogP contribution in [0.1, 0.15) is 207 Å². The molecule has 0 heterocycles. The molecule has 1 fully saturated rings. The largest absolute Gasteiger partial charge is 0.399 e. The first kappa shape index (κ1) is 42.6. The SMILES string of the molecule is CCCCCCCCCCC(c1ccc(N)cc1)c1ccc(C2(c3ccc(C(CCCCCCCCCC)c4ccc(N)cc4)cc3)CCC(C)CC2)cc1. The molecule has 0 amide bonds. The van der Waals surface area contributed by atoms with Crippen LogP contribution in [-0.4, -0.2) is 0 Å². The molecule has 4 aromatic carbocycles. The summed E-state index contributed by atoms with van der Waals surface area (Å²) < 4.78 is 0. The van der Waals surface area contributed by atoms with E-state index in [0.29, 0.717) is 11.8 Å². The highest BCUT2D eigenvalue weighted by atomic mass is 14.5. The van der Waals surface area contributed by atoms with Crippen LogP contribution in [0.4, 0.5) is 11.4 Å². The molecule has 0 spiro atoms. The lowest BCUT2D eigenvalue weighted by molar-refractivity contribution is 0.280. The Labute approximate surface area is 337 Å². The molecule has 0 aliphatic heterocycles. The minimum Gasteiger partial charge on any atom is -0.399 e.